The molecular weight excluding hydrogens is 168 g/mol. The zero-order valence-electron chi connectivity index (χ0n) is 5.29. The van der Waals surface area contributed by atoms with Crippen LogP contribution in [0.5, 0.6) is 0 Å². The highest BCUT2D eigenvalue weighted by Crippen LogP contribution is 1.82. The second kappa shape index (κ2) is 8.66. The van der Waals surface area contributed by atoms with Crippen LogP contribution < -0.4 is 0 Å². The van der Waals surface area contributed by atoms with Crippen LogP contribution >= 0.6 is 36.2 Å². The summed E-state index contributed by atoms with van der Waals surface area (Å²) >= 11 is 8.14. The summed E-state index contributed by atoms with van der Waals surface area (Å²) in [5, 5.41) is 4.33. The highest BCUT2D eigenvalue weighted by molar-refractivity contribution is 7.96. The number of thiol groups is 2. The Labute approximate surface area is 71.4 Å². The first-order chi connectivity index (χ1) is 4.41. The first-order valence-electron chi connectivity index (χ1n) is 2.92. The van der Waals surface area contributed by atoms with Gasteiger partial charge in [0, 0.05) is 0 Å². The van der Waals surface area contributed by atoms with Gasteiger partial charge >= 0.3 is 0 Å². The minimum absolute atomic E-state index is 0.946. The van der Waals surface area contributed by atoms with Crippen LogP contribution in [-0.2, 0) is 0 Å². The monoisotopic (exact) mass is 180 g/mol. The van der Waals surface area contributed by atoms with Crippen LogP contribution in [0.2, 0.25) is 0 Å². The Balaban J connectivity index is 3.18. The van der Waals surface area contributed by atoms with E-state index >= 15 is 0 Å². The fourth-order valence-corrected chi connectivity index (χ4v) is 1.56. The van der Waals surface area contributed by atoms with E-state index in [9.17, 15) is 0 Å². The van der Waals surface area contributed by atoms with Crippen molar-refractivity contribution in [3.05, 3.63) is 0 Å². The van der Waals surface area contributed by atoms with Gasteiger partial charge in [-0.25, -0.2) is 0 Å². The maximum absolute atomic E-state index is 4.07. The molecule has 3 heteroatoms. The topological polar surface area (TPSA) is 0 Å². The van der Waals surface area contributed by atoms with Gasteiger partial charge < -0.3 is 0 Å². The average Bonchev–Trinajstić information content (AvgIpc) is 1.89. The van der Waals surface area contributed by atoms with E-state index in [0.717, 1.165) is 24.3 Å². The van der Waals surface area contributed by atoms with E-state index in [-0.39, 0.29) is 0 Å². The van der Waals surface area contributed by atoms with Gasteiger partial charge in [0.15, 0.2) is 0 Å². The summed E-state index contributed by atoms with van der Waals surface area (Å²) in [7, 11) is 1.75. The molecule has 54 valence electrons. The lowest BCUT2D eigenvalue weighted by Gasteiger charge is -1.78. The number of rotatable bonds is 4. The fourth-order valence-electron chi connectivity index (χ4n) is 0.310. The highest BCUT2D eigenvalue weighted by Gasteiger charge is 1.70. The predicted molar refractivity (Wildman–Crippen MR) is 56.7 cm³/mol. The minimum atomic E-state index is 0.946. The maximum atomic E-state index is 4.07. The SMILES string of the molecule is SCCC=S=CCCS. The third-order valence-corrected chi connectivity index (χ3v) is 2.06. The largest absolute Gasteiger partial charge is 0.179 e. The van der Waals surface area contributed by atoms with Crippen molar-refractivity contribution in [1.29, 1.82) is 0 Å². The van der Waals surface area contributed by atoms with Crippen LogP contribution in [0.4, 0.5) is 0 Å². The molecule has 0 aliphatic carbocycles. The third-order valence-electron chi connectivity index (χ3n) is 0.686. The lowest BCUT2D eigenvalue weighted by atomic mass is 10.6. The van der Waals surface area contributed by atoms with Crippen LogP contribution in [0, 0.1) is 0 Å². The molecule has 0 heterocycles. The summed E-state index contributed by atoms with van der Waals surface area (Å²) in [6.45, 7) is 0. The number of hydrogen-bond donors (Lipinski definition) is 2. The van der Waals surface area contributed by atoms with Gasteiger partial charge in [0.2, 0.25) is 0 Å². The Kier molecular flexibility index (Phi) is 9.30. The molecular formula is C6H12S3. The highest BCUT2D eigenvalue weighted by atomic mass is 32.1. The van der Waals surface area contributed by atoms with Crippen LogP contribution in [0.1, 0.15) is 12.8 Å². The Bertz CT molecular complexity index is 92.9. The lowest BCUT2D eigenvalue weighted by Crippen LogP contribution is -1.73. The minimum Gasteiger partial charge on any atom is -0.179 e. The Morgan fingerprint density at radius 3 is 1.78 bits per heavy atom. The van der Waals surface area contributed by atoms with Gasteiger partial charge in [0.05, 0.1) is 0 Å². The quantitative estimate of drug-likeness (QED) is 0.479. The van der Waals surface area contributed by atoms with Gasteiger partial charge in [-0.2, -0.15) is 36.2 Å². The normalized spacial score (nSPS) is 8.67. The lowest BCUT2D eigenvalue weighted by molar-refractivity contribution is 1.39. The molecule has 0 bridgehead atoms. The number of hydrogen-bond acceptors (Lipinski definition) is 2. The van der Waals surface area contributed by atoms with Crippen molar-refractivity contribution >= 4 is 46.9 Å². The first-order valence-corrected chi connectivity index (χ1v) is 5.13. The molecule has 0 atom stereocenters. The van der Waals surface area contributed by atoms with E-state index in [2.05, 4.69) is 36.0 Å². The van der Waals surface area contributed by atoms with Crippen LogP contribution in [-0.4, -0.2) is 22.2 Å². The summed E-state index contributed by atoms with van der Waals surface area (Å²) in [6, 6.07) is 0. The van der Waals surface area contributed by atoms with Crippen LogP contribution in [0.15, 0.2) is 0 Å². The van der Waals surface area contributed by atoms with E-state index in [4.69, 9.17) is 0 Å². The summed E-state index contributed by atoms with van der Waals surface area (Å²) < 4.78 is 0. The molecule has 0 aliphatic rings. The molecule has 0 aromatic heterocycles. The van der Waals surface area contributed by atoms with Crippen molar-refractivity contribution in [3.8, 4) is 0 Å². The van der Waals surface area contributed by atoms with E-state index < -0.39 is 0 Å². The molecule has 9 heavy (non-hydrogen) atoms. The van der Waals surface area contributed by atoms with Crippen molar-refractivity contribution in [2.75, 3.05) is 11.5 Å². The molecule has 0 radical (unpaired) electrons. The van der Waals surface area contributed by atoms with Crippen LogP contribution in [0.25, 0.3) is 0 Å². The van der Waals surface area contributed by atoms with Gasteiger partial charge in [-0.1, -0.05) is 0 Å². The summed E-state index contributed by atoms with van der Waals surface area (Å²) in [4.78, 5) is 0. The average molecular weight is 180 g/mol. The summed E-state index contributed by atoms with van der Waals surface area (Å²) in [5.41, 5.74) is 0. The fraction of sp³-hybridized carbons (Fsp3) is 0.667. The van der Waals surface area contributed by atoms with Crippen molar-refractivity contribution in [3.63, 3.8) is 0 Å². The van der Waals surface area contributed by atoms with Gasteiger partial charge in [-0.05, 0) is 35.1 Å². The molecule has 0 saturated heterocycles. The van der Waals surface area contributed by atoms with E-state index in [1.807, 2.05) is 0 Å². The maximum Gasteiger partial charge on any atom is -0.00554 e. The molecule has 0 spiro atoms. The first kappa shape index (κ1) is 9.66. The van der Waals surface area contributed by atoms with Crippen molar-refractivity contribution < 1.29 is 0 Å². The summed E-state index contributed by atoms with van der Waals surface area (Å²) in [5.74, 6) is 1.89. The smallest absolute Gasteiger partial charge is 0.00554 e. The molecule has 0 aromatic carbocycles. The van der Waals surface area contributed by atoms with E-state index in [1.54, 1.807) is 10.9 Å². The predicted octanol–water partition coefficient (Wildman–Crippen LogP) is 1.96. The molecule has 0 unspecified atom stereocenters. The second-order valence-corrected chi connectivity index (χ2v) is 3.33. The van der Waals surface area contributed by atoms with Gasteiger partial charge in [0.25, 0.3) is 0 Å². The standard InChI is InChI=1S/C6H12S3/c7-3-1-5-9-6-2-4-8/h5-8H,1-4H2. The molecule has 0 saturated carbocycles. The molecule has 0 nitrogen and oxygen atoms in total. The molecule has 0 amide bonds. The van der Waals surface area contributed by atoms with E-state index in [1.165, 1.54) is 0 Å². The molecule has 0 rings (SSSR count). The van der Waals surface area contributed by atoms with Gasteiger partial charge in [-0.3, -0.25) is 0 Å². The Hall–Kier alpha value is 0.660. The van der Waals surface area contributed by atoms with E-state index in [0.29, 0.717) is 0 Å². The Morgan fingerprint density at radius 2 is 1.44 bits per heavy atom. The third kappa shape index (κ3) is 8.66. The molecule has 0 N–H and O–H groups in total. The molecule has 0 aromatic rings. The van der Waals surface area contributed by atoms with Crippen molar-refractivity contribution in [2.24, 2.45) is 0 Å². The zero-order valence-corrected chi connectivity index (χ0v) is 7.89. The zero-order chi connectivity index (χ0) is 6.95. The van der Waals surface area contributed by atoms with Gasteiger partial charge in [0.1, 0.15) is 0 Å². The van der Waals surface area contributed by atoms with Crippen molar-refractivity contribution in [1.82, 2.24) is 0 Å². The second-order valence-electron chi connectivity index (χ2n) is 1.49. The summed E-state index contributed by atoms with van der Waals surface area (Å²) in [6.07, 6.45) is 2.16. The molecule has 0 aliphatic heterocycles. The Morgan fingerprint density at radius 1 is 1.00 bits per heavy atom. The molecule has 0 fully saturated rings. The van der Waals surface area contributed by atoms with Crippen LogP contribution in [0.3, 0.4) is 0 Å². The van der Waals surface area contributed by atoms with Gasteiger partial charge in [-0.15, -0.1) is 0 Å². The van der Waals surface area contributed by atoms with Crippen molar-refractivity contribution in [2.45, 2.75) is 12.8 Å².